The average Bonchev–Trinajstić information content (AvgIpc) is 3.17. The smallest absolute Gasteiger partial charge is 0.744 e. The minimum atomic E-state index is -4.50. The van der Waals surface area contributed by atoms with E-state index in [-0.39, 0.29) is 104 Å². The molecule has 336 valence electrons. The molecule has 0 saturated heterocycles. The van der Waals surface area contributed by atoms with E-state index in [1.165, 1.54) is 72.8 Å². The molecule has 0 amide bonds. The van der Waals surface area contributed by atoms with Gasteiger partial charge < -0.3 is 27.3 Å². The number of hydrogen-bond acceptors (Lipinski definition) is 18. The minimum Gasteiger partial charge on any atom is -0.744 e. The van der Waals surface area contributed by atoms with E-state index in [0.717, 1.165) is 72.8 Å². The van der Waals surface area contributed by atoms with Gasteiger partial charge >= 0.3 is 74.6 Å². The molecule has 6 aromatic carbocycles. The number of hydrogen-bond donors (Lipinski definition) is 0. The van der Waals surface area contributed by atoms with Gasteiger partial charge in [-0.1, -0.05) is 72.8 Å². The van der Waals surface area contributed by atoms with Gasteiger partial charge in [0.25, 0.3) is 0 Å². The first-order valence-corrected chi connectivity index (χ1v) is 24.4. The fourth-order valence-electron chi connectivity index (χ4n) is 4.88. The maximum atomic E-state index is 10.8. The van der Waals surface area contributed by atoms with Gasteiger partial charge in [0.2, 0.25) is 0 Å². The van der Waals surface area contributed by atoms with Gasteiger partial charge in [-0.05, 0) is 106 Å². The SMILES string of the molecule is O=S(=O)([O-])c1ccc(-c2ccc(S(=O)(=O)[O-])cc2)cc1.O=S(=O)([O-])c1ccc(-c2ccc(S(=O)(=O)[O-])cc2)cc1.O=S(=O)([O-])c1ccc(-c2ccc(S(=O)(=O)[O-])cc2)cc1.[Er+3].[Er+3]. The molecular formula is C36H24Er2O18S6. The molecule has 0 heterocycles. The van der Waals surface area contributed by atoms with Gasteiger partial charge in [0, 0.05) is 0 Å². The van der Waals surface area contributed by atoms with Gasteiger partial charge in [0.05, 0.1) is 29.4 Å². The third-order valence-electron chi connectivity index (χ3n) is 7.86. The molecule has 0 N–H and O–H groups in total. The molecule has 0 bridgehead atoms. The van der Waals surface area contributed by atoms with Crippen LogP contribution in [0.25, 0.3) is 33.4 Å². The summed E-state index contributed by atoms with van der Waals surface area (Å²) < 4.78 is 194. The fourth-order valence-corrected chi connectivity index (χ4v) is 7.70. The Kier molecular flexibility index (Phi) is 19.6. The minimum absolute atomic E-state index is 0. The van der Waals surface area contributed by atoms with Crippen LogP contribution in [-0.4, -0.2) is 77.8 Å². The topological polar surface area (TPSA) is 343 Å². The summed E-state index contributed by atoms with van der Waals surface area (Å²) in [5.74, 6) is 0. The molecule has 0 fully saturated rings. The van der Waals surface area contributed by atoms with Crippen molar-refractivity contribution in [2.45, 2.75) is 29.4 Å². The summed E-state index contributed by atoms with van der Waals surface area (Å²) in [7, 11) is -27.0. The number of rotatable bonds is 9. The molecule has 2 radical (unpaired) electrons. The second-order valence-electron chi connectivity index (χ2n) is 11.9. The van der Waals surface area contributed by atoms with E-state index in [2.05, 4.69) is 0 Å². The van der Waals surface area contributed by atoms with Gasteiger partial charge in [0.15, 0.2) is 0 Å². The van der Waals surface area contributed by atoms with Crippen LogP contribution < -0.4 is 0 Å². The van der Waals surface area contributed by atoms with Crippen LogP contribution in [0.2, 0.25) is 0 Å². The maximum absolute atomic E-state index is 10.8. The molecule has 0 spiro atoms. The summed E-state index contributed by atoms with van der Waals surface area (Å²) in [5, 5.41) is 0. The Bertz CT molecular complexity index is 2600. The molecule has 18 nitrogen and oxygen atoms in total. The zero-order valence-corrected chi connectivity index (χ0v) is 38.8. The molecule has 6 rings (SSSR count). The molecule has 0 aliphatic carbocycles. The first-order chi connectivity index (χ1) is 27.5. The molecule has 6 aromatic rings. The van der Waals surface area contributed by atoms with Crippen molar-refractivity contribution in [3.05, 3.63) is 146 Å². The van der Waals surface area contributed by atoms with Crippen molar-refractivity contribution in [3.63, 3.8) is 0 Å². The summed E-state index contributed by atoms with van der Waals surface area (Å²) in [6.07, 6.45) is 0. The molecular weight excluding hydrogens is 1250 g/mol. The van der Waals surface area contributed by atoms with Crippen LogP contribution in [0.1, 0.15) is 0 Å². The van der Waals surface area contributed by atoms with Crippen LogP contribution in [0.5, 0.6) is 0 Å². The maximum Gasteiger partial charge on any atom is 3.00 e. The number of benzene rings is 6. The first-order valence-electron chi connectivity index (χ1n) is 15.9. The molecule has 0 aromatic heterocycles. The Morgan fingerprint density at radius 3 is 0.339 bits per heavy atom. The fraction of sp³-hybridized carbons (Fsp3) is 0. The zero-order valence-electron chi connectivity index (χ0n) is 30.2. The van der Waals surface area contributed by atoms with E-state index in [1.54, 1.807) is 0 Å². The van der Waals surface area contributed by atoms with Gasteiger partial charge in [-0.2, -0.15) is 0 Å². The normalized spacial score (nSPS) is 11.9. The quantitative estimate of drug-likeness (QED) is 0.187. The van der Waals surface area contributed by atoms with Crippen molar-refractivity contribution < 1.29 is 152 Å². The Morgan fingerprint density at radius 1 is 0.194 bits per heavy atom. The molecule has 0 aliphatic heterocycles. The summed E-state index contributed by atoms with van der Waals surface area (Å²) >= 11 is 0. The van der Waals surface area contributed by atoms with Crippen molar-refractivity contribution in [3.8, 4) is 33.4 Å². The third-order valence-corrected chi connectivity index (χ3v) is 13.0. The van der Waals surface area contributed by atoms with E-state index in [1.807, 2.05) is 0 Å². The zero-order chi connectivity index (χ0) is 44.9. The monoisotopic (exact) mass is 1270 g/mol. The summed E-state index contributed by atoms with van der Waals surface area (Å²) in [6, 6.07) is 31.0. The second-order valence-corrected chi connectivity index (χ2v) is 20.1. The van der Waals surface area contributed by atoms with E-state index in [4.69, 9.17) is 0 Å². The second kappa shape index (κ2) is 22.0. The van der Waals surface area contributed by atoms with Gasteiger partial charge in [-0.15, -0.1) is 0 Å². The predicted octanol–water partition coefficient (Wildman–Crippen LogP) is 3.49. The van der Waals surface area contributed by atoms with Crippen LogP contribution in [-0.2, 0) is 60.7 Å². The van der Waals surface area contributed by atoms with Gasteiger partial charge in [-0.25, -0.2) is 50.5 Å². The van der Waals surface area contributed by atoms with Crippen molar-refractivity contribution in [2.24, 2.45) is 0 Å². The molecule has 26 heteroatoms. The van der Waals surface area contributed by atoms with Crippen molar-refractivity contribution in [2.75, 3.05) is 0 Å². The van der Waals surface area contributed by atoms with E-state index < -0.39 is 60.7 Å². The van der Waals surface area contributed by atoms with Crippen LogP contribution >= 0.6 is 0 Å². The Labute approximate surface area is 416 Å². The summed E-state index contributed by atoms with van der Waals surface area (Å²) in [4.78, 5) is -2.08. The molecule has 62 heavy (non-hydrogen) atoms. The third kappa shape index (κ3) is 16.4. The summed E-state index contributed by atoms with van der Waals surface area (Å²) in [5.41, 5.74) is 3.54. The van der Waals surface area contributed by atoms with Gasteiger partial charge in [-0.3, -0.25) is 0 Å². The van der Waals surface area contributed by atoms with Crippen molar-refractivity contribution >= 4 is 60.7 Å². The van der Waals surface area contributed by atoms with Crippen molar-refractivity contribution in [1.82, 2.24) is 0 Å². The largest absolute Gasteiger partial charge is 3.00 e. The standard InChI is InChI=1S/3C12H10O6S2.2Er/c3*13-19(14,15)11-5-1-9(2-6-11)10-3-7-12(8-4-10)20(16,17)18;;/h3*1-8H,(H,13,14,15)(H,16,17,18);;/q;;;2*+3/p-6. The average molecular weight is 1270 g/mol. The Hall–Kier alpha value is -2.73. The van der Waals surface area contributed by atoms with Crippen LogP contribution in [0.3, 0.4) is 0 Å². The van der Waals surface area contributed by atoms with Gasteiger partial charge in [0.1, 0.15) is 60.7 Å². The van der Waals surface area contributed by atoms with E-state index >= 15 is 0 Å². The molecule has 0 unspecified atom stereocenters. The van der Waals surface area contributed by atoms with Crippen molar-refractivity contribution in [1.29, 1.82) is 0 Å². The van der Waals surface area contributed by atoms with Crippen LogP contribution in [0.15, 0.2) is 175 Å². The first kappa shape index (κ1) is 55.4. The molecule has 0 atom stereocenters. The Balaban J connectivity index is 0.000000315. The van der Waals surface area contributed by atoms with Crippen LogP contribution in [0.4, 0.5) is 0 Å². The van der Waals surface area contributed by atoms with E-state index in [0.29, 0.717) is 33.4 Å². The Morgan fingerprint density at radius 2 is 0.274 bits per heavy atom. The van der Waals surface area contributed by atoms with E-state index in [9.17, 15) is 77.8 Å². The predicted molar refractivity (Wildman–Crippen MR) is 203 cm³/mol. The molecule has 0 saturated carbocycles. The van der Waals surface area contributed by atoms with Crippen LogP contribution in [0, 0.1) is 74.6 Å². The molecule has 0 aliphatic rings. The summed E-state index contributed by atoms with van der Waals surface area (Å²) in [6.45, 7) is 0.